The lowest BCUT2D eigenvalue weighted by atomic mass is 10.2. The maximum Gasteiger partial charge on any atom is 0.259 e. The molecule has 0 atom stereocenters. The van der Waals surface area contributed by atoms with Gasteiger partial charge in [-0.2, -0.15) is 0 Å². The van der Waals surface area contributed by atoms with Crippen LogP contribution in [-0.4, -0.2) is 14.2 Å². The summed E-state index contributed by atoms with van der Waals surface area (Å²) in [4.78, 5) is 0. The van der Waals surface area contributed by atoms with E-state index in [9.17, 15) is 0 Å². The number of benzene rings is 1. The van der Waals surface area contributed by atoms with Crippen LogP contribution in [0.1, 0.15) is 5.56 Å². The van der Waals surface area contributed by atoms with E-state index in [2.05, 4.69) is 11.2 Å². The van der Waals surface area contributed by atoms with Gasteiger partial charge in [-0.15, -0.1) is 0 Å². The number of hydrogen-bond acceptors (Lipinski definition) is 4. The average Bonchev–Trinajstić information content (AvgIpc) is 2.30. The van der Waals surface area contributed by atoms with Crippen molar-refractivity contribution in [1.82, 2.24) is 0 Å². The van der Waals surface area contributed by atoms with Crippen molar-refractivity contribution in [3.63, 3.8) is 0 Å². The highest BCUT2D eigenvalue weighted by Gasteiger charge is 2.14. The first kappa shape index (κ1) is 12.8. The van der Waals surface area contributed by atoms with E-state index in [1.54, 1.807) is 14.2 Å². The molecule has 0 fully saturated rings. The largest absolute Gasteiger partial charge is 0.324 e. The van der Waals surface area contributed by atoms with E-state index >= 15 is 0 Å². The van der Waals surface area contributed by atoms with Gasteiger partial charge in [-0.1, -0.05) is 24.1 Å². The molecule has 15 heavy (non-hydrogen) atoms. The lowest BCUT2D eigenvalue weighted by molar-refractivity contribution is 0.354. The maximum atomic E-state index is 5.15. The third-order valence-electron chi connectivity index (χ3n) is 1.57. The van der Waals surface area contributed by atoms with E-state index in [0.29, 0.717) is 0 Å². The lowest BCUT2D eigenvalue weighted by Gasteiger charge is -2.11. The molecule has 5 heteroatoms. The van der Waals surface area contributed by atoms with Gasteiger partial charge in [0, 0.05) is 31.2 Å². The van der Waals surface area contributed by atoms with Crippen LogP contribution < -0.4 is 0 Å². The zero-order chi connectivity index (χ0) is 11.1. The summed E-state index contributed by atoms with van der Waals surface area (Å²) in [6, 6.07) is 9.72. The molecule has 80 valence electrons. The molecular formula is C10H11O2PS2. The summed E-state index contributed by atoms with van der Waals surface area (Å²) in [7, 11) is 3.09. The Balaban J connectivity index is 2.65. The summed E-state index contributed by atoms with van der Waals surface area (Å²) < 4.78 is 10.2. The Labute approximate surface area is 99.3 Å². The average molecular weight is 258 g/mol. The Morgan fingerprint density at radius 3 is 2.33 bits per heavy atom. The van der Waals surface area contributed by atoms with Gasteiger partial charge in [0.25, 0.3) is 5.69 Å². The van der Waals surface area contributed by atoms with Gasteiger partial charge >= 0.3 is 0 Å². The Morgan fingerprint density at radius 1 is 1.20 bits per heavy atom. The van der Waals surface area contributed by atoms with Crippen molar-refractivity contribution in [2.75, 3.05) is 14.2 Å². The summed E-state index contributed by atoms with van der Waals surface area (Å²) in [6.45, 7) is 0. The molecule has 0 unspecified atom stereocenters. The smallest absolute Gasteiger partial charge is 0.259 e. The first-order valence-electron chi connectivity index (χ1n) is 4.16. The van der Waals surface area contributed by atoms with E-state index in [1.165, 1.54) is 11.4 Å². The first-order chi connectivity index (χ1) is 7.20. The molecule has 0 amide bonds. The monoisotopic (exact) mass is 258 g/mol. The molecule has 0 bridgehead atoms. The molecule has 1 aromatic rings. The molecule has 0 aliphatic carbocycles. The quantitative estimate of drug-likeness (QED) is 0.611. The second kappa shape index (κ2) is 6.32. The lowest BCUT2D eigenvalue weighted by Crippen LogP contribution is -1.80. The Kier molecular flexibility index (Phi) is 5.38. The molecule has 0 heterocycles. The molecular weight excluding hydrogens is 247 g/mol. The van der Waals surface area contributed by atoms with Crippen molar-refractivity contribution in [3.8, 4) is 11.2 Å². The topological polar surface area (TPSA) is 18.5 Å². The van der Waals surface area contributed by atoms with Crippen LogP contribution in [0.5, 0.6) is 0 Å². The first-order valence-corrected chi connectivity index (χ1v) is 8.22. The van der Waals surface area contributed by atoms with Crippen molar-refractivity contribution in [3.05, 3.63) is 35.9 Å². The van der Waals surface area contributed by atoms with Crippen LogP contribution >= 0.6 is 17.1 Å². The normalized spacial score (nSPS) is 10.5. The van der Waals surface area contributed by atoms with Gasteiger partial charge in [-0.3, -0.25) is 0 Å². The van der Waals surface area contributed by atoms with Crippen LogP contribution in [0.3, 0.4) is 0 Å². The van der Waals surface area contributed by atoms with Crippen molar-refractivity contribution >= 4 is 28.9 Å². The van der Waals surface area contributed by atoms with Crippen LogP contribution in [0.15, 0.2) is 30.3 Å². The van der Waals surface area contributed by atoms with Gasteiger partial charge in [0.05, 0.1) is 0 Å². The zero-order valence-corrected chi connectivity index (χ0v) is 11.0. The van der Waals surface area contributed by atoms with E-state index in [0.717, 1.165) is 5.56 Å². The van der Waals surface area contributed by atoms with Crippen LogP contribution in [0.4, 0.5) is 0 Å². The predicted molar refractivity (Wildman–Crippen MR) is 69.2 cm³/mol. The Morgan fingerprint density at radius 2 is 1.80 bits per heavy atom. The highest BCUT2D eigenvalue weighted by Crippen LogP contribution is 2.59. The summed E-state index contributed by atoms with van der Waals surface area (Å²) in [5, 5.41) is 2.91. The number of hydrogen-bond donors (Lipinski definition) is 0. The van der Waals surface area contributed by atoms with Crippen LogP contribution in [0.2, 0.25) is 0 Å². The molecule has 0 saturated carbocycles. The third kappa shape index (κ3) is 4.38. The van der Waals surface area contributed by atoms with E-state index in [4.69, 9.17) is 20.9 Å². The molecule has 2 nitrogen and oxygen atoms in total. The standard InChI is InChI=1S/C10H11O2PS2/c1-11-13(14,12-2)15-9-8-10-6-4-3-5-7-10/h3-7H,1-2H3. The minimum Gasteiger partial charge on any atom is -0.324 e. The van der Waals surface area contributed by atoms with Crippen LogP contribution in [0, 0.1) is 11.2 Å². The maximum absolute atomic E-state index is 5.15. The minimum absolute atomic E-state index is 0.957. The van der Waals surface area contributed by atoms with Gasteiger partial charge in [-0.25, -0.2) is 0 Å². The summed E-state index contributed by atoms with van der Waals surface area (Å²) in [6.07, 6.45) is 0. The highest BCUT2D eigenvalue weighted by molar-refractivity contribution is 8.69. The minimum atomic E-state index is -2.24. The molecule has 0 N–H and O–H groups in total. The second-order valence-corrected chi connectivity index (χ2v) is 8.63. The fourth-order valence-corrected chi connectivity index (χ4v) is 2.64. The van der Waals surface area contributed by atoms with Gasteiger partial charge < -0.3 is 9.05 Å². The molecule has 1 rings (SSSR count). The van der Waals surface area contributed by atoms with Gasteiger partial charge in [0.2, 0.25) is 0 Å². The summed E-state index contributed by atoms with van der Waals surface area (Å²) in [5.41, 5.74) is -1.28. The van der Waals surface area contributed by atoms with E-state index in [1.807, 2.05) is 30.3 Å². The van der Waals surface area contributed by atoms with Gasteiger partial charge in [0.15, 0.2) is 0 Å². The molecule has 0 saturated heterocycles. The van der Waals surface area contributed by atoms with Crippen molar-refractivity contribution in [2.45, 2.75) is 0 Å². The molecule has 0 spiro atoms. The summed E-state index contributed by atoms with van der Waals surface area (Å²) in [5.74, 6) is 2.98. The fraction of sp³-hybridized carbons (Fsp3) is 0.200. The molecule has 1 aromatic carbocycles. The molecule has 0 aliphatic rings. The fourth-order valence-electron chi connectivity index (χ4n) is 0.808. The molecule has 0 radical (unpaired) electrons. The summed E-state index contributed by atoms with van der Waals surface area (Å²) >= 11 is 6.39. The van der Waals surface area contributed by atoms with Gasteiger partial charge in [0.1, 0.15) is 0 Å². The van der Waals surface area contributed by atoms with Crippen LogP contribution in [0.25, 0.3) is 0 Å². The van der Waals surface area contributed by atoms with E-state index < -0.39 is 5.69 Å². The Bertz CT molecular complexity index is 400. The highest BCUT2D eigenvalue weighted by atomic mass is 32.9. The van der Waals surface area contributed by atoms with Crippen molar-refractivity contribution in [1.29, 1.82) is 0 Å². The van der Waals surface area contributed by atoms with E-state index in [-0.39, 0.29) is 0 Å². The third-order valence-corrected chi connectivity index (χ3v) is 6.29. The SMILES string of the molecule is COP(=S)(OC)SC#Cc1ccccc1. The second-order valence-electron chi connectivity index (χ2n) is 2.50. The molecule has 0 aliphatic heterocycles. The predicted octanol–water partition coefficient (Wildman–Crippen LogP) is 3.25. The van der Waals surface area contributed by atoms with Crippen molar-refractivity contribution < 1.29 is 9.05 Å². The Hall–Kier alpha value is -0.300. The zero-order valence-electron chi connectivity index (χ0n) is 8.47. The van der Waals surface area contributed by atoms with Gasteiger partial charge in [-0.05, 0) is 29.2 Å². The number of rotatable bonds is 3. The van der Waals surface area contributed by atoms with Crippen LogP contribution in [-0.2, 0) is 20.9 Å². The van der Waals surface area contributed by atoms with Crippen molar-refractivity contribution in [2.24, 2.45) is 0 Å². The molecule has 0 aromatic heterocycles.